The van der Waals surface area contributed by atoms with E-state index in [1.54, 1.807) is 30.3 Å². The number of nitrogens with one attached hydrogen (secondary N) is 7. The van der Waals surface area contributed by atoms with Gasteiger partial charge in [-0.05, 0) is 45.1 Å². The Morgan fingerprint density at radius 2 is 1.39 bits per heavy atom. The number of aliphatic imine (C=N–C) groups is 2. The third-order valence-corrected chi connectivity index (χ3v) is 10.9. The van der Waals surface area contributed by atoms with Gasteiger partial charge in [-0.15, -0.1) is 0 Å². The minimum Gasteiger partial charge on any atom is -0.480 e. The van der Waals surface area contributed by atoms with Crippen LogP contribution < -0.4 is 60.2 Å². The van der Waals surface area contributed by atoms with Crippen LogP contribution in [0.1, 0.15) is 52.0 Å². The fourth-order valence-corrected chi connectivity index (χ4v) is 7.66. The number of hydrogen-bond donors (Lipinski definition) is 12. The van der Waals surface area contributed by atoms with Crippen LogP contribution >= 0.6 is 21.6 Å². The average molecular weight is 866 g/mol. The van der Waals surface area contributed by atoms with Gasteiger partial charge in [0.05, 0.1) is 0 Å². The molecule has 0 aromatic heterocycles. The van der Waals surface area contributed by atoms with Gasteiger partial charge in [0.1, 0.15) is 42.3 Å². The summed E-state index contributed by atoms with van der Waals surface area (Å²) in [6.07, 6.45) is 0.611. The molecule has 16 N–H and O–H groups in total. The molecule has 0 bridgehead atoms. The van der Waals surface area contributed by atoms with Crippen molar-refractivity contribution in [1.82, 2.24) is 37.2 Å². The second-order valence-electron chi connectivity index (χ2n) is 13.5. The molecule has 2 rings (SSSR count). The third-order valence-electron chi connectivity index (χ3n) is 8.44. The summed E-state index contributed by atoms with van der Waals surface area (Å²) in [7, 11) is 1.98. The van der Waals surface area contributed by atoms with Gasteiger partial charge in [-0.2, -0.15) is 0 Å². The van der Waals surface area contributed by atoms with Gasteiger partial charge >= 0.3 is 5.97 Å². The molecule has 24 heteroatoms. The molecule has 1 aliphatic heterocycles. The van der Waals surface area contributed by atoms with E-state index in [1.807, 2.05) is 0 Å². The Labute approximate surface area is 349 Å². The molecule has 1 fully saturated rings. The van der Waals surface area contributed by atoms with Gasteiger partial charge in [-0.3, -0.25) is 43.5 Å². The van der Waals surface area contributed by atoms with Crippen molar-refractivity contribution in [3.63, 3.8) is 0 Å². The number of carbonyl (C=O) groups is 8. The van der Waals surface area contributed by atoms with E-state index in [9.17, 15) is 43.5 Å². The summed E-state index contributed by atoms with van der Waals surface area (Å²) in [4.78, 5) is 113. The second-order valence-corrected chi connectivity index (χ2v) is 16.0. The quantitative estimate of drug-likeness (QED) is 0.0329. The number of amides is 7. The van der Waals surface area contributed by atoms with Crippen LogP contribution in [0.4, 0.5) is 0 Å². The minimum atomic E-state index is -1.41. The van der Waals surface area contributed by atoms with Crippen LogP contribution in [0.15, 0.2) is 40.3 Å². The monoisotopic (exact) mass is 865 g/mol. The highest BCUT2D eigenvalue weighted by atomic mass is 33.1. The number of guanidine groups is 2. The van der Waals surface area contributed by atoms with Crippen LogP contribution in [0.25, 0.3) is 0 Å². The van der Waals surface area contributed by atoms with Crippen LogP contribution in [0.2, 0.25) is 0 Å². The summed E-state index contributed by atoms with van der Waals surface area (Å²) in [5, 5.41) is 27.7. The van der Waals surface area contributed by atoms with Gasteiger partial charge in [-0.25, -0.2) is 4.79 Å². The summed E-state index contributed by atoms with van der Waals surface area (Å²) in [6, 6.07) is -0.128. The summed E-state index contributed by atoms with van der Waals surface area (Å²) in [5.41, 5.74) is 22.3. The number of carbonyl (C=O) groups excluding carboxylic acids is 7. The average Bonchev–Trinajstić information content (AvgIpc) is 3.16. The van der Waals surface area contributed by atoms with Crippen LogP contribution in [0.3, 0.4) is 0 Å². The number of nitrogens with two attached hydrogens (primary N) is 4. The maximum Gasteiger partial charge on any atom is 0.327 e. The highest BCUT2D eigenvalue weighted by Crippen LogP contribution is 2.23. The molecule has 1 aromatic rings. The first-order valence-electron chi connectivity index (χ1n) is 18.6. The number of carboxylic acids is 1. The summed E-state index contributed by atoms with van der Waals surface area (Å²) in [5.74, 6) is -7.20. The molecule has 59 heavy (non-hydrogen) atoms. The van der Waals surface area contributed by atoms with Gasteiger partial charge in [-0.1, -0.05) is 51.9 Å². The van der Waals surface area contributed by atoms with Crippen molar-refractivity contribution in [2.75, 3.05) is 24.6 Å². The Morgan fingerprint density at radius 3 is 2.00 bits per heavy atom. The standard InChI is InChI=1S/C35H55N13O9S2/c1-18(42-29(52)22(44-20(3)49)11-7-13-40-34(36)37)27(50)47-25-16-58-59-17-26(33(56)57)48-28(51)19(2)43-31(54)24(15-21-9-5-4-6-10-21)46-30(53)23(45-32(25)55)12-8-14-41-35(38)39/h4-6,9-10,18-19,22-26H,7-8,11-17H2,1-3H3,(H,42,52)(H,43,54)(H,44,49)(H,45,55)(H,46,53)(H,47,50)(H,48,51)(H,56,57)(H4,36,37,40)(H4,38,39,41)/t18-,19-,22-,23-,24-,25+,26-/m0/s1. The smallest absolute Gasteiger partial charge is 0.327 e. The van der Waals surface area contributed by atoms with E-state index in [1.165, 1.54) is 20.8 Å². The number of carboxylic acid groups (broad SMARTS) is 1. The van der Waals surface area contributed by atoms with E-state index in [4.69, 9.17) is 22.9 Å². The SMILES string of the molecule is CC(=O)N[C@@H](CCCN=C(N)N)C(=O)N[C@@H](C)C(=O)N[C@@H]1CSSC[C@@H](C(=O)O)NC(=O)[C@H](C)NC(=O)[C@H](Cc2ccccc2)NC(=O)[C@H](CCCN=C(N)N)NC1=O. The van der Waals surface area contributed by atoms with Crippen molar-refractivity contribution in [2.24, 2.45) is 32.9 Å². The molecule has 1 saturated heterocycles. The third kappa shape index (κ3) is 19.0. The molecule has 1 heterocycles. The molecule has 0 aliphatic carbocycles. The molecule has 7 atom stereocenters. The lowest BCUT2D eigenvalue weighted by Gasteiger charge is -2.26. The highest BCUT2D eigenvalue weighted by molar-refractivity contribution is 8.76. The topological polar surface area (TPSA) is 370 Å². The van der Waals surface area contributed by atoms with E-state index in [2.05, 4.69) is 47.2 Å². The predicted molar refractivity (Wildman–Crippen MR) is 223 cm³/mol. The Bertz CT molecular complexity index is 1700. The van der Waals surface area contributed by atoms with Crippen molar-refractivity contribution < 1.29 is 43.5 Å². The van der Waals surface area contributed by atoms with E-state index >= 15 is 0 Å². The first kappa shape index (κ1) is 49.4. The number of aliphatic carboxylic acids is 1. The maximum atomic E-state index is 14.0. The Kier molecular flexibility index (Phi) is 21.4. The molecular formula is C35H55N13O9S2. The molecule has 1 aromatic carbocycles. The zero-order chi connectivity index (χ0) is 44.1. The highest BCUT2D eigenvalue weighted by Gasteiger charge is 2.33. The van der Waals surface area contributed by atoms with Crippen LogP contribution in [-0.4, -0.2) is 131 Å². The zero-order valence-corrected chi connectivity index (χ0v) is 34.7. The van der Waals surface area contributed by atoms with Gasteiger partial charge < -0.3 is 65.3 Å². The maximum absolute atomic E-state index is 14.0. The lowest BCUT2D eigenvalue weighted by Crippen LogP contribution is -2.60. The number of benzene rings is 1. The zero-order valence-electron chi connectivity index (χ0n) is 33.0. The first-order valence-corrected chi connectivity index (χ1v) is 21.1. The first-order chi connectivity index (χ1) is 27.9. The van der Waals surface area contributed by atoms with E-state index < -0.39 is 89.6 Å². The fourth-order valence-electron chi connectivity index (χ4n) is 5.34. The Morgan fingerprint density at radius 1 is 0.797 bits per heavy atom. The summed E-state index contributed by atoms with van der Waals surface area (Å²) in [6.45, 7) is 4.21. The van der Waals surface area contributed by atoms with Crippen LogP contribution in [0, 0.1) is 0 Å². The van der Waals surface area contributed by atoms with Gasteiger partial charge in [0.15, 0.2) is 11.9 Å². The second kappa shape index (κ2) is 25.6. The molecule has 0 spiro atoms. The molecule has 0 unspecified atom stereocenters. The minimum absolute atomic E-state index is 0.0180. The molecular weight excluding hydrogens is 811 g/mol. The van der Waals surface area contributed by atoms with Crippen molar-refractivity contribution in [3.05, 3.63) is 35.9 Å². The Hall–Kier alpha value is -5.78. The predicted octanol–water partition coefficient (Wildman–Crippen LogP) is -3.73. The van der Waals surface area contributed by atoms with Crippen molar-refractivity contribution in [2.45, 2.75) is 95.2 Å². The number of hydrogen-bond acceptors (Lipinski definition) is 12. The lowest BCUT2D eigenvalue weighted by molar-refractivity contribution is -0.141. The normalized spacial score (nSPS) is 21.6. The summed E-state index contributed by atoms with van der Waals surface area (Å²) >= 11 is 0. The molecule has 326 valence electrons. The van der Waals surface area contributed by atoms with Crippen molar-refractivity contribution >= 4 is 80.8 Å². The van der Waals surface area contributed by atoms with Crippen molar-refractivity contribution in [1.29, 1.82) is 0 Å². The van der Waals surface area contributed by atoms with E-state index in [0.717, 1.165) is 21.6 Å². The fraction of sp³-hybridized carbons (Fsp3) is 0.543. The number of rotatable bonds is 16. The number of nitrogens with zero attached hydrogens (tertiary/aromatic N) is 2. The van der Waals surface area contributed by atoms with Crippen LogP contribution in [-0.2, 0) is 44.8 Å². The van der Waals surface area contributed by atoms with Gasteiger partial charge in [0.2, 0.25) is 41.4 Å². The molecule has 0 saturated carbocycles. The Balaban J connectivity index is 2.44. The molecule has 0 radical (unpaired) electrons. The van der Waals surface area contributed by atoms with Crippen LogP contribution in [0.5, 0.6) is 0 Å². The van der Waals surface area contributed by atoms with Crippen molar-refractivity contribution in [3.8, 4) is 0 Å². The largest absolute Gasteiger partial charge is 0.480 e. The van der Waals surface area contributed by atoms with E-state index in [-0.39, 0.29) is 62.2 Å². The molecule has 7 amide bonds. The lowest BCUT2D eigenvalue weighted by atomic mass is 10.0. The van der Waals surface area contributed by atoms with Gasteiger partial charge in [0, 0.05) is 37.9 Å². The molecule has 22 nitrogen and oxygen atoms in total. The summed E-state index contributed by atoms with van der Waals surface area (Å²) < 4.78 is 0. The van der Waals surface area contributed by atoms with Gasteiger partial charge in [0.25, 0.3) is 0 Å². The molecule has 1 aliphatic rings. The van der Waals surface area contributed by atoms with E-state index in [0.29, 0.717) is 12.0 Å².